The number of benzene rings is 2. The number of anilines is 1. The molecule has 0 aromatic heterocycles. The molecule has 0 aliphatic carbocycles. The van der Waals surface area contributed by atoms with E-state index in [-0.39, 0.29) is 10.9 Å². The third-order valence-corrected chi connectivity index (χ3v) is 3.24. The van der Waals surface area contributed by atoms with Crippen LogP contribution in [0.15, 0.2) is 53.0 Å². The summed E-state index contributed by atoms with van der Waals surface area (Å²) in [4.78, 5) is 12.4. The van der Waals surface area contributed by atoms with E-state index in [0.29, 0.717) is 16.8 Å². The van der Waals surface area contributed by atoms with E-state index in [1.807, 2.05) is 18.2 Å². The zero-order valence-corrected chi connectivity index (χ0v) is 12.3. The molecule has 0 saturated carbocycles. The summed E-state index contributed by atoms with van der Waals surface area (Å²) in [6.45, 7) is 0. The van der Waals surface area contributed by atoms with Gasteiger partial charge in [-0.25, -0.2) is 0 Å². The number of rotatable bonds is 3. The van der Waals surface area contributed by atoms with Crippen molar-refractivity contribution in [3.05, 3.63) is 64.1 Å². The lowest BCUT2D eigenvalue weighted by Crippen LogP contribution is -2.17. The van der Waals surface area contributed by atoms with E-state index in [9.17, 15) is 4.79 Å². The van der Waals surface area contributed by atoms with Gasteiger partial charge in [-0.05, 0) is 30.3 Å². The molecule has 3 nitrogen and oxygen atoms in total. The van der Waals surface area contributed by atoms with Gasteiger partial charge in [-0.15, -0.1) is 0 Å². The molecule has 0 spiro atoms. The average molecular weight is 335 g/mol. The molecule has 0 unspecified atom stereocenters. The summed E-state index contributed by atoms with van der Waals surface area (Å²) in [6.07, 6.45) is 0. The predicted octanol–water partition coefficient (Wildman–Crippen LogP) is 3.34. The molecule has 19 heavy (non-hydrogen) atoms. The van der Waals surface area contributed by atoms with Crippen molar-refractivity contribution in [3.8, 4) is 0 Å². The molecule has 0 atom stereocenters. The maximum Gasteiger partial charge on any atom is 0.255 e. The van der Waals surface area contributed by atoms with Crippen LogP contribution >= 0.6 is 28.1 Å². The molecule has 0 bridgehead atoms. The number of hydrogen-bond donors (Lipinski definition) is 2. The van der Waals surface area contributed by atoms with Crippen molar-refractivity contribution in [1.29, 1.82) is 0 Å². The molecular weight excluding hydrogens is 324 g/mol. The van der Waals surface area contributed by atoms with Gasteiger partial charge in [0.15, 0.2) is 0 Å². The van der Waals surface area contributed by atoms with Crippen LogP contribution < -0.4 is 11.1 Å². The molecule has 1 amide bonds. The lowest BCUT2D eigenvalue weighted by atomic mass is 10.1. The molecule has 2 rings (SSSR count). The highest BCUT2D eigenvalue weighted by molar-refractivity contribution is 9.10. The summed E-state index contributed by atoms with van der Waals surface area (Å²) in [5, 5.41) is 2.81. The molecule has 96 valence electrons. The first-order chi connectivity index (χ1) is 9.08. The Labute approximate surface area is 124 Å². The number of para-hydroxylation sites is 1. The van der Waals surface area contributed by atoms with E-state index in [0.717, 1.165) is 4.47 Å². The van der Waals surface area contributed by atoms with Crippen LogP contribution in [-0.4, -0.2) is 10.9 Å². The summed E-state index contributed by atoms with van der Waals surface area (Å²) in [5.74, 6) is -0.204. The summed E-state index contributed by atoms with van der Waals surface area (Å²) in [5.41, 5.74) is 7.45. The lowest BCUT2D eigenvalue weighted by Gasteiger charge is -2.10. The number of amides is 1. The van der Waals surface area contributed by atoms with E-state index < -0.39 is 0 Å². The van der Waals surface area contributed by atoms with Gasteiger partial charge in [0.25, 0.3) is 5.91 Å². The SMILES string of the molecule is NC(=S)c1ccccc1NC(=O)c1cccc(Br)c1. The first-order valence-electron chi connectivity index (χ1n) is 5.53. The van der Waals surface area contributed by atoms with E-state index in [2.05, 4.69) is 21.2 Å². The van der Waals surface area contributed by atoms with Gasteiger partial charge in [0, 0.05) is 15.6 Å². The van der Waals surface area contributed by atoms with Crippen LogP contribution in [-0.2, 0) is 0 Å². The van der Waals surface area contributed by atoms with Crippen molar-refractivity contribution in [2.75, 3.05) is 5.32 Å². The standard InChI is InChI=1S/C14H11BrN2OS/c15-10-5-3-4-9(8-10)14(18)17-12-7-2-1-6-11(12)13(16)19/h1-8H,(H2,16,19)(H,17,18). The third-order valence-electron chi connectivity index (χ3n) is 2.53. The first kappa shape index (κ1) is 13.7. The summed E-state index contributed by atoms with van der Waals surface area (Å²) in [7, 11) is 0. The summed E-state index contributed by atoms with van der Waals surface area (Å²) in [6, 6.07) is 14.3. The van der Waals surface area contributed by atoms with E-state index >= 15 is 0 Å². The fourth-order valence-electron chi connectivity index (χ4n) is 1.63. The number of thiocarbonyl (C=S) groups is 1. The Hall–Kier alpha value is -1.72. The average Bonchev–Trinajstić information content (AvgIpc) is 2.39. The van der Waals surface area contributed by atoms with Gasteiger partial charge in [-0.2, -0.15) is 0 Å². The van der Waals surface area contributed by atoms with Crippen LogP contribution in [0, 0.1) is 0 Å². The lowest BCUT2D eigenvalue weighted by molar-refractivity contribution is 0.102. The largest absolute Gasteiger partial charge is 0.389 e. The summed E-state index contributed by atoms with van der Waals surface area (Å²) >= 11 is 8.29. The van der Waals surface area contributed by atoms with Crippen molar-refractivity contribution < 1.29 is 4.79 Å². The zero-order valence-electron chi connectivity index (χ0n) is 9.89. The number of halogens is 1. The van der Waals surface area contributed by atoms with Crippen molar-refractivity contribution in [2.45, 2.75) is 0 Å². The van der Waals surface area contributed by atoms with Crippen LogP contribution in [0.1, 0.15) is 15.9 Å². The Morgan fingerprint density at radius 1 is 1.16 bits per heavy atom. The Bertz CT molecular complexity index is 643. The molecule has 2 aromatic rings. The summed E-state index contributed by atoms with van der Waals surface area (Å²) < 4.78 is 0.850. The quantitative estimate of drug-likeness (QED) is 0.846. The Balaban J connectivity index is 2.27. The maximum atomic E-state index is 12.1. The number of carbonyl (C=O) groups is 1. The number of carbonyl (C=O) groups excluding carboxylic acids is 1. The predicted molar refractivity (Wildman–Crippen MR) is 84.4 cm³/mol. The van der Waals surface area contributed by atoms with Gasteiger partial charge in [0.1, 0.15) is 4.99 Å². The maximum absolute atomic E-state index is 12.1. The molecule has 2 aromatic carbocycles. The second-order valence-electron chi connectivity index (χ2n) is 3.87. The topological polar surface area (TPSA) is 55.1 Å². The smallest absolute Gasteiger partial charge is 0.255 e. The van der Waals surface area contributed by atoms with Gasteiger partial charge in [0.2, 0.25) is 0 Å². The van der Waals surface area contributed by atoms with Crippen LogP contribution in [0.3, 0.4) is 0 Å². The fourth-order valence-corrected chi connectivity index (χ4v) is 2.21. The van der Waals surface area contributed by atoms with Gasteiger partial charge in [-0.1, -0.05) is 46.3 Å². The van der Waals surface area contributed by atoms with E-state index in [1.165, 1.54) is 0 Å². The van der Waals surface area contributed by atoms with Gasteiger partial charge < -0.3 is 11.1 Å². The van der Waals surface area contributed by atoms with Crippen molar-refractivity contribution in [1.82, 2.24) is 0 Å². The fraction of sp³-hybridized carbons (Fsp3) is 0. The molecule has 0 aliphatic rings. The van der Waals surface area contributed by atoms with Gasteiger partial charge >= 0.3 is 0 Å². The second kappa shape index (κ2) is 5.95. The third kappa shape index (κ3) is 3.39. The molecule has 0 heterocycles. The van der Waals surface area contributed by atoms with Crippen molar-refractivity contribution in [3.63, 3.8) is 0 Å². The number of hydrogen-bond acceptors (Lipinski definition) is 2. The van der Waals surface area contributed by atoms with Crippen molar-refractivity contribution >= 4 is 44.7 Å². The normalized spacial score (nSPS) is 9.95. The van der Waals surface area contributed by atoms with Gasteiger partial charge in [0.05, 0.1) is 5.69 Å². The minimum atomic E-state index is -0.204. The Kier molecular flexibility index (Phi) is 4.29. The Morgan fingerprint density at radius 3 is 2.58 bits per heavy atom. The molecule has 0 aliphatic heterocycles. The first-order valence-corrected chi connectivity index (χ1v) is 6.74. The van der Waals surface area contributed by atoms with Crippen LogP contribution in [0.25, 0.3) is 0 Å². The van der Waals surface area contributed by atoms with Crippen LogP contribution in [0.5, 0.6) is 0 Å². The molecule has 0 radical (unpaired) electrons. The molecule has 0 fully saturated rings. The molecular formula is C14H11BrN2OS. The second-order valence-corrected chi connectivity index (χ2v) is 5.23. The molecule has 3 N–H and O–H groups in total. The van der Waals surface area contributed by atoms with Gasteiger partial charge in [-0.3, -0.25) is 4.79 Å². The molecule has 5 heteroatoms. The minimum absolute atomic E-state index is 0.204. The van der Waals surface area contributed by atoms with Crippen LogP contribution in [0.2, 0.25) is 0 Å². The number of nitrogens with two attached hydrogens (primary N) is 1. The minimum Gasteiger partial charge on any atom is -0.389 e. The highest BCUT2D eigenvalue weighted by Gasteiger charge is 2.10. The zero-order chi connectivity index (χ0) is 13.8. The monoisotopic (exact) mass is 334 g/mol. The highest BCUT2D eigenvalue weighted by atomic mass is 79.9. The highest BCUT2D eigenvalue weighted by Crippen LogP contribution is 2.17. The molecule has 0 saturated heterocycles. The number of nitrogens with one attached hydrogen (secondary N) is 1. The van der Waals surface area contributed by atoms with Crippen molar-refractivity contribution in [2.24, 2.45) is 5.73 Å². The van der Waals surface area contributed by atoms with E-state index in [4.69, 9.17) is 18.0 Å². The van der Waals surface area contributed by atoms with E-state index in [1.54, 1.807) is 30.3 Å². The Morgan fingerprint density at radius 2 is 1.89 bits per heavy atom. The van der Waals surface area contributed by atoms with Crippen LogP contribution in [0.4, 0.5) is 5.69 Å².